The summed E-state index contributed by atoms with van der Waals surface area (Å²) in [5.74, 6) is 1.20. The monoisotopic (exact) mass is 272 g/mol. The van der Waals surface area contributed by atoms with Gasteiger partial charge in [0.15, 0.2) is 0 Å². The maximum absolute atomic E-state index is 4.50. The van der Waals surface area contributed by atoms with Gasteiger partial charge in [-0.1, -0.05) is 43.6 Å². The number of aromatic nitrogens is 2. The summed E-state index contributed by atoms with van der Waals surface area (Å²) in [6, 6.07) is 0. The van der Waals surface area contributed by atoms with E-state index in [-0.39, 0.29) is 5.41 Å². The molecule has 0 aromatic carbocycles. The van der Waals surface area contributed by atoms with Gasteiger partial charge in [-0.2, -0.15) is 0 Å². The zero-order chi connectivity index (χ0) is 11.5. The van der Waals surface area contributed by atoms with Gasteiger partial charge in [0.25, 0.3) is 0 Å². The molecule has 15 heavy (non-hydrogen) atoms. The highest BCUT2D eigenvalue weighted by atomic mass is 79.9. The molecule has 0 aliphatic heterocycles. The van der Waals surface area contributed by atoms with Gasteiger partial charge in [0.2, 0.25) is 0 Å². The van der Waals surface area contributed by atoms with E-state index in [9.17, 15) is 0 Å². The Balaban J connectivity index is 2.88. The lowest BCUT2D eigenvalue weighted by Gasteiger charge is -2.26. The molecule has 1 rings (SSSR count). The summed E-state index contributed by atoms with van der Waals surface area (Å²) in [6.45, 7) is 9.98. The third kappa shape index (κ3) is 3.33. The first-order valence-electron chi connectivity index (χ1n) is 5.63. The molecule has 1 aromatic heterocycles. The van der Waals surface area contributed by atoms with Crippen LogP contribution in [0.2, 0.25) is 0 Å². The maximum atomic E-state index is 4.50. The Kier molecular flexibility index (Phi) is 4.38. The van der Waals surface area contributed by atoms with Gasteiger partial charge in [-0.15, -0.1) is 0 Å². The minimum absolute atomic E-state index is 0.140. The van der Waals surface area contributed by atoms with E-state index in [0.717, 1.165) is 19.4 Å². The molecule has 1 unspecified atom stereocenters. The topological polar surface area (TPSA) is 17.8 Å². The Hall–Kier alpha value is -0.310. The van der Waals surface area contributed by atoms with Crippen molar-refractivity contribution in [1.82, 2.24) is 9.55 Å². The highest BCUT2D eigenvalue weighted by molar-refractivity contribution is 9.09. The van der Waals surface area contributed by atoms with E-state index in [0.29, 0.717) is 4.83 Å². The van der Waals surface area contributed by atoms with Crippen LogP contribution in [0.3, 0.4) is 0 Å². The van der Waals surface area contributed by atoms with Gasteiger partial charge < -0.3 is 4.57 Å². The first kappa shape index (κ1) is 12.8. The fourth-order valence-electron chi connectivity index (χ4n) is 2.11. The van der Waals surface area contributed by atoms with E-state index in [1.165, 1.54) is 5.82 Å². The van der Waals surface area contributed by atoms with Gasteiger partial charge in [0, 0.05) is 29.2 Å². The molecule has 0 aliphatic carbocycles. The quantitative estimate of drug-likeness (QED) is 0.747. The van der Waals surface area contributed by atoms with Crippen LogP contribution in [0.25, 0.3) is 0 Å². The number of hydrogen-bond acceptors (Lipinski definition) is 1. The molecule has 1 aromatic rings. The van der Waals surface area contributed by atoms with Gasteiger partial charge >= 0.3 is 0 Å². The first-order chi connectivity index (χ1) is 6.97. The van der Waals surface area contributed by atoms with Crippen LogP contribution in [0.15, 0.2) is 12.4 Å². The van der Waals surface area contributed by atoms with E-state index in [4.69, 9.17) is 0 Å². The van der Waals surface area contributed by atoms with Crippen LogP contribution >= 0.6 is 15.9 Å². The second-order valence-electron chi connectivity index (χ2n) is 4.81. The molecule has 0 fully saturated rings. The standard InChI is InChI=1S/C12H21BrN2/c1-5-7-15-8-6-14-11(15)12(3,4)9-10(2)13/h6,8,10H,5,7,9H2,1-4H3. The zero-order valence-corrected chi connectivity index (χ0v) is 11.7. The molecule has 1 heterocycles. The average Bonchev–Trinajstić information content (AvgIpc) is 2.51. The second-order valence-corrected chi connectivity index (χ2v) is 6.38. The molecule has 0 N–H and O–H groups in total. The highest BCUT2D eigenvalue weighted by Crippen LogP contribution is 2.29. The van der Waals surface area contributed by atoms with Gasteiger partial charge in [0.1, 0.15) is 5.82 Å². The molecular weight excluding hydrogens is 252 g/mol. The third-order valence-corrected chi connectivity index (χ3v) is 2.90. The Morgan fingerprint density at radius 1 is 1.53 bits per heavy atom. The Morgan fingerprint density at radius 2 is 2.20 bits per heavy atom. The summed E-state index contributed by atoms with van der Waals surface area (Å²) in [5.41, 5.74) is 0.140. The van der Waals surface area contributed by atoms with Crippen LogP contribution in [0.1, 0.15) is 46.4 Å². The lowest BCUT2D eigenvalue weighted by molar-refractivity contribution is 0.425. The van der Waals surface area contributed by atoms with Crippen molar-refractivity contribution >= 4 is 15.9 Å². The Labute approximate surface area is 101 Å². The van der Waals surface area contributed by atoms with Crippen LogP contribution < -0.4 is 0 Å². The highest BCUT2D eigenvalue weighted by Gasteiger charge is 2.26. The lowest BCUT2D eigenvalue weighted by Crippen LogP contribution is -2.25. The van der Waals surface area contributed by atoms with Crippen LogP contribution in [-0.2, 0) is 12.0 Å². The zero-order valence-electron chi connectivity index (χ0n) is 10.1. The summed E-state index contributed by atoms with van der Waals surface area (Å²) in [6.07, 6.45) is 6.25. The molecule has 2 nitrogen and oxygen atoms in total. The molecule has 86 valence electrons. The van der Waals surface area contributed by atoms with Crippen molar-refractivity contribution in [3.63, 3.8) is 0 Å². The van der Waals surface area contributed by atoms with E-state index < -0.39 is 0 Å². The minimum atomic E-state index is 0.140. The SMILES string of the molecule is CCCn1ccnc1C(C)(C)CC(C)Br. The van der Waals surface area contributed by atoms with Crippen molar-refractivity contribution in [2.75, 3.05) is 0 Å². The lowest BCUT2D eigenvalue weighted by atomic mass is 9.87. The number of imidazole rings is 1. The number of hydrogen-bond donors (Lipinski definition) is 0. The van der Waals surface area contributed by atoms with E-state index in [2.05, 4.69) is 59.4 Å². The number of halogens is 1. The summed E-state index contributed by atoms with van der Waals surface area (Å²) < 4.78 is 2.27. The summed E-state index contributed by atoms with van der Waals surface area (Å²) in [5, 5.41) is 0. The molecular formula is C12H21BrN2. The predicted molar refractivity (Wildman–Crippen MR) is 68.6 cm³/mol. The minimum Gasteiger partial charge on any atom is -0.335 e. The summed E-state index contributed by atoms with van der Waals surface area (Å²) in [7, 11) is 0. The maximum Gasteiger partial charge on any atom is 0.114 e. The number of alkyl halides is 1. The van der Waals surface area contributed by atoms with Crippen LogP contribution in [0.5, 0.6) is 0 Å². The van der Waals surface area contributed by atoms with E-state index in [1.54, 1.807) is 0 Å². The molecule has 0 aliphatic rings. The Morgan fingerprint density at radius 3 is 2.73 bits per heavy atom. The second kappa shape index (κ2) is 5.15. The molecule has 0 saturated carbocycles. The smallest absolute Gasteiger partial charge is 0.114 e. The van der Waals surface area contributed by atoms with Crippen molar-refractivity contribution in [2.24, 2.45) is 0 Å². The molecule has 0 radical (unpaired) electrons. The van der Waals surface area contributed by atoms with E-state index in [1.807, 2.05) is 6.20 Å². The third-order valence-electron chi connectivity index (χ3n) is 2.58. The molecule has 3 heteroatoms. The fourth-order valence-corrected chi connectivity index (χ4v) is 2.92. The average molecular weight is 273 g/mol. The van der Waals surface area contributed by atoms with E-state index >= 15 is 0 Å². The van der Waals surface area contributed by atoms with Crippen molar-refractivity contribution < 1.29 is 0 Å². The fraction of sp³-hybridized carbons (Fsp3) is 0.750. The van der Waals surface area contributed by atoms with Gasteiger partial charge in [-0.05, 0) is 12.8 Å². The predicted octanol–water partition coefficient (Wildman–Crippen LogP) is 3.74. The van der Waals surface area contributed by atoms with Crippen molar-refractivity contribution in [1.29, 1.82) is 0 Å². The largest absolute Gasteiger partial charge is 0.335 e. The molecule has 0 saturated heterocycles. The van der Waals surface area contributed by atoms with Crippen molar-refractivity contribution in [3.05, 3.63) is 18.2 Å². The van der Waals surface area contributed by atoms with Crippen molar-refractivity contribution in [3.8, 4) is 0 Å². The molecule has 0 spiro atoms. The molecule has 1 atom stereocenters. The van der Waals surface area contributed by atoms with Crippen LogP contribution in [0.4, 0.5) is 0 Å². The van der Waals surface area contributed by atoms with Gasteiger partial charge in [0.05, 0.1) is 0 Å². The molecule has 0 amide bonds. The van der Waals surface area contributed by atoms with Crippen LogP contribution in [0, 0.1) is 0 Å². The summed E-state index contributed by atoms with van der Waals surface area (Å²) in [4.78, 5) is 5.03. The number of rotatable bonds is 5. The first-order valence-corrected chi connectivity index (χ1v) is 6.54. The van der Waals surface area contributed by atoms with Gasteiger partial charge in [-0.3, -0.25) is 0 Å². The van der Waals surface area contributed by atoms with Crippen LogP contribution in [-0.4, -0.2) is 14.4 Å². The number of aryl methyl sites for hydroxylation is 1. The normalized spacial score (nSPS) is 14.2. The molecule has 0 bridgehead atoms. The summed E-state index contributed by atoms with van der Waals surface area (Å²) >= 11 is 3.62. The Bertz CT molecular complexity index is 302. The number of nitrogens with zero attached hydrogens (tertiary/aromatic N) is 2. The van der Waals surface area contributed by atoms with Gasteiger partial charge in [-0.25, -0.2) is 4.98 Å². The van der Waals surface area contributed by atoms with Crippen molar-refractivity contribution in [2.45, 2.75) is 57.3 Å².